The van der Waals surface area contributed by atoms with Crippen molar-refractivity contribution in [3.05, 3.63) is 65.4 Å². The summed E-state index contributed by atoms with van der Waals surface area (Å²) >= 11 is 0. The van der Waals surface area contributed by atoms with E-state index in [4.69, 9.17) is 15.4 Å². The number of hydrogen-bond acceptors (Lipinski definition) is 4. The molecule has 0 fully saturated rings. The summed E-state index contributed by atoms with van der Waals surface area (Å²) in [4.78, 5) is 23.9. The van der Waals surface area contributed by atoms with Crippen LogP contribution < -0.4 is 11.1 Å². The first-order chi connectivity index (χ1) is 11.1. The van der Waals surface area contributed by atoms with Gasteiger partial charge in [-0.25, -0.2) is 0 Å². The molecule has 1 heterocycles. The van der Waals surface area contributed by atoms with Gasteiger partial charge in [-0.1, -0.05) is 18.2 Å². The molecule has 0 aliphatic carbocycles. The van der Waals surface area contributed by atoms with E-state index >= 15 is 0 Å². The predicted molar refractivity (Wildman–Crippen MR) is 83.8 cm³/mol. The lowest BCUT2D eigenvalue weighted by molar-refractivity contribution is 0.0977. The highest BCUT2D eigenvalue weighted by atomic mass is 16.3. The Labute approximate surface area is 131 Å². The van der Waals surface area contributed by atoms with E-state index in [0.717, 1.165) is 0 Å². The van der Waals surface area contributed by atoms with Gasteiger partial charge in [-0.05, 0) is 30.3 Å². The van der Waals surface area contributed by atoms with E-state index in [1.807, 2.05) is 6.07 Å². The predicted octanol–water partition coefficient (Wildman–Crippen LogP) is 2.66. The van der Waals surface area contributed by atoms with Gasteiger partial charge in [0.2, 0.25) is 5.76 Å². The van der Waals surface area contributed by atoms with Crippen LogP contribution >= 0.6 is 0 Å². The van der Waals surface area contributed by atoms with Gasteiger partial charge in [-0.3, -0.25) is 9.59 Å². The highest BCUT2D eigenvalue weighted by Crippen LogP contribution is 2.30. The summed E-state index contributed by atoms with van der Waals surface area (Å²) in [5, 5.41) is 12.1. The molecule has 0 saturated carbocycles. The van der Waals surface area contributed by atoms with E-state index in [2.05, 4.69) is 5.32 Å². The molecule has 0 aliphatic heterocycles. The number of nitrogens with zero attached hydrogens (tertiary/aromatic N) is 1. The zero-order valence-electron chi connectivity index (χ0n) is 11.9. The van der Waals surface area contributed by atoms with Crippen LogP contribution in [0.5, 0.6) is 0 Å². The first-order valence-electron chi connectivity index (χ1n) is 6.73. The Balaban J connectivity index is 2.03. The van der Waals surface area contributed by atoms with Gasteiger partial charge in [0.1, 0.15) is 11.3 Å². The fourth-order valence-electron chi connectivity index (χ4n) is 2.26. The molecular formula is C17H11N3O3. The number of carbonyl (C=O) groups excluding carboxylic acids is 2. The number of fused-ring (bicyclic) bond motifs is 1. The fraction of sp³-hybridized carbons (Fsp3) is 0. The Morgan fingerprint density at radius 3 is 2.65 bits per heavy atom. The lowest BCUT2D eigenvalue weighted by Gasteiger charge is -2.05. The molecular weight excluding hydrogens is 294 g/mol. The second-order valence-corrected chi connectivity index (χ2v) is 4.81. The maximum Gasteiger partial charge on any atom is 0.286 e. The standard InChI is InChI=1S/C17H11N3O3/c18-9-10-4-3-5-11(8-10)17(22)20-14-12-6-1-2-7-13(12)23-15(14)16(19)21/h1-8H,(H2,19,21)(H,20,22). The van der Waals surface area contributed by atoms with Crippen LogP contribution in [0.2, 0.25) is 0 Å². The summed E-state index contributed by atoms with van der Waals surface area (Å²) in [5.74, 6) is -1.35. The Morgan fingerprint density at radius 2 is 1.91 bits per heavy atom. The molecule has 6 nitrogen and oxygen atoms in total. The Morgan fingerprint density at radius 1 is 1.13 bits per heavy atom. The van der Waals surface area contributed by atoms with Crippen LogP contribution in [-0.2, 0) is 0 Å². The third-order valence-corrected chi connectivity index (χ3v) is 3.31. The quantitative estimate of drug-likeness (QED) is 0.775. The third-order valence-electron chi connectivity index (χ3n) is 3.31. The van der Waals surface area contributed by atoms with Gasteiger partial charge in [0.15, 0.2) is 0 Å². The minimum absolute atomic E-state index is 0.115. The summed E-state index contributed by atoms with van der Waals surface area (Å²) in [7, 11) is 0. The molecule has 0 spiro atoms. The summed E-state index contributed by atoms with van der Waals surface area (Å²) in [6.07, 6.45) is 0. The number of para-hydroxylation sites is 1. The van der Waals surface area contributed by atoms with Crippen LogP contribution in [0.1, 0.15) is 26.5 Å². The second kappa shape index (κ2) is 5.66. The SMILES string of the molecule is N#Cc1cccc(C(=O)Nc2c(C(N)=O)oc3ccccc23)c1. The number of rotatable bonds is 3. The molecule has 112 valence electrons. The number of primary amides is 1. The normalized spacial score (nSPS) is 10.2. The van der Waals surface area contributed by atoms with E-state index in [1.165, 1.54) is 6.07 Å². The first kappa shape index (κ1) is 14.4. The lowest BCUT2D eigenvalue weighted by Crippen LogP contribution is -2.17. The summed E-state index contributed by atoms with van der Waals surface area (Å²) in [5.41, 5.74) is 6.64. The summed E-state index contributed by atoms with van der Waals surface area (Å²) < 4.78 is 5.40. The molecule has 0 aliphatic rings. The number of hydrogen-bond donors (Lipinski definition) is 2. The minimum atomic E-state index is -0.776. The molecule has 23 heavy (non-hydrogen) atoms. The third kappa shape index (κ3) is 2.63. The van der Waals surface area contributed by atoms with Crippen LogP contribution in [0.15, 0.2) is 52.9 Å². The van der Waals surface area contributed by atoms with Crippen molar-refractivity contribution in [1.29, 1.82) is 5.26 Å². The van der Waals surface area contributed by atoms with Gasteiger partial charge >= 0.3 is 0 Å². The van der Waals surface area contributed by atoms with E-state index in [1.54, 1.807) is 42.5 Å². The van der Waals surface area contributed by atoms with Gasteiger partial charge in [0.25, 0.3) is 11.8 Å². The summed E-state index contributed by atoms with van der Waals surface area (Å²) in [6.45, 7) is 0. The van der Waals surface area contributed by atoms with E-state index in [9.17, 15) is 9.59 Å². The highest BCUT2D eigenvalue weighted by molar-refractivity contribution is 6.14. The Hall–Kier alpha value is -3.59. The van der Waals surface area contributed by atoms with Crippen molar-refractivity contribution in [3.63, 3.8) is 0 Å². The maximum atomic E-state index is 12.4. The average Bonchev–Trinajstić information content (AvgIpc) is 2.94. The summed E-state index contributed by atoms with van der Waals surface area (Å²) in [6, 6.07) is 15.1. The molecule has 3 aromatic rings. The first-order valence-corrected chi connectivity index (χ1v) is 6.73. The molecule has 6 heteroatoms. The largest absolute Gasteiger partial charge is 0.449 e. The molecule has 0 bridgehead atoms. The molecule has 3 rings (SSSR count). The number of nitrogens with two attached hydrogens (primary N) is 1. The monoisotopic (exact) mass is 305 g/mol. The molecule has 1 aromatic heterocycles. The zero-order valence-corrected chi connectivity index (χ0v) is 11.9. The van der Waals surface area contributed by atoms with Crippen molar-refractivity contribution < 1.29 is 14.0 Å². The van der Waals surface area contributed by atoms with Crippen LogP contribution in [0.25, 0.3) is 11.0 Å². The topological polar surface area (TPSA) is 109 Å². The number of nitriles is 1. The smallest absolute Gasteiger partial charge is 0.286 e. The minimum Gasteiger partial charge on any atom is -0.449 e. The van der Waals surface area contributed by atoms with Gasteiger partial charge in [0.05, 0.1) is 11.6 Å². The van der Waals surface area contributed by atoms with E-state index < -0.39 is 11.8 Å². The lowest BCUT2D eigenvalue weighted by atomic mass is 10.1. The molecule has 0 unspecified atom stereocenters. The van der Waals surface area contributed by atoms with Crippen molar-refractivity contribution in [3.8, 4) is 6.07 Å². The molecule has 0 saturated heterocycles. The maximum absolute atomic E-state index is 12.4. The van der Waals surface area contributed by atoms with Crippen molar-refractivity contribution in [2.24, 2.45) is 5.73 Å². The molecule has 2 aromatic carbocycles. The molecule has 3 N–H and O–H groups in total. The van der Waals surface area contributed by atoms with E-state index in [0.29, 0.717) is 22.1 Å². The number of carbonyl (C=O) groups is 2. The molecule has 0 radical (unpaired) electrons. The number of amides is 2. The van der Waals surface area contributed by atoms with Gasteiger partial charge < -0.3 is 15.5 Å². The fourth-order valence-corrected chi connectivity index (χ4v) is 2.26. The zero-order chi connectivity index (χ0) is 16.4. The number of anilines is 1. The number of benzene rings is 2. The van der Waals surface area contributed by atoms with Crippen LogP contribution in [0.3, 0.4) is 0 Å². The van der Waals surface area contributed by atoms with Crippen molar-refractivity contribution in [2.75, 3.05) is 5.32 Å². The Bertz CT molecular complexity index is 967. The van der Waals surface area contributed by atoms with Crippen LogP contribution in [-0.4, -0.2) is 11.8 Å². The van der Waals surface area contributed by atoms with Gasteiger partial charge in [0, 0.05) is 10.9 Å². The van der Waals surface area contributed by atoms with Gasteiger partial charge in [-0.15, -0.1) is 0 Å². The van der Waals surface area contributed by atoms with E-state index in [-0.39, 0.29) is 11.4 Å². The Kier molecular flexibility index (Phi) is 3.53. The van der Waals surface area contributed by atoms with Crippen LogP contribution in [0.4, 0.5) is 5.69 Å². The highest BCUT2D eigenvalue weighted by Gasteiger charge is 2.20. The molecule has 2 amide bonds. The number of nitrogens with one attached hydrogen (secondary N) is 1. The number of furan rings is 1. The molecule has 0 atom stereocenters. The second-order valence-electron chi connectivity index (χ2n) is 4.81. The average molecular weight is 305 g/mol. The van der Waals surface area contributed by atoms with Crippen molar-refractivity contribution in [2.45, 2.75) is 0 Å². The van der Waals surface area contributed by atoms with Crippen molar-refractivity contribution in [1.82, 2.24) is 0 Å². The van der Waals surface area contributed by atoms with Crippen LogP contribution in [0, 0.1) is 11.3 Å². The van der Waals surface area contributed by atoms with Crippen molar-refractivity contribution >= 4 is 28.5 Å². The van der Waals surface area contributed by atoms with Gasteiger partial charge in [-0.2, -0.15) is 5.26 Å².